The van der Waals surface area contributed by atoms with E-state index in [-0.39, 0.29) is 23.6 Å². The van der Waals surface area contributed by atoms with Gasteiger partial charge in [-0.1, -0.05) is 12.1 Å². The minimum atomic E-state index is -0.792. The number of methoxy groups -OCH3 is 1. The Kier molecular flexibility index (Phi) is 5.94. The predicted molar refractivity (Wildman–Crippen MR) is 122 cm³/mol. The summed E-state index contributed by atoms with van der Waals surface area (Å²) in [6.45, 7) is 1.85. The molecule has 0 saturated carbocycles. The standard InChI is InChI=1S/C21H18N2O5S3/c1-3-28-21(26)16-14(12-7-5-9-30-12)15(20(25)27-2)17(22)23-18(24)13(31-19(16)23)10-11-6-4-8-29-11/h4-10,14H,3,22H2,1-2H3/b13-10-/t14-/m1/s1. The van der Waals surface area contributed by atoms with E-state index in [1.165, 1.54) is 34.4 Å². The first kappa shape index (κ1) is 21.3. The van der Waals surface area contributed by atoms with Crippen molar-refractivity contribution >= 4 is 63.4 Å². The van der Waals surface area contributed by atoms with Crippen LogP contribution in [0.1, 0.15) is 22.6 Å². The number of nitrogens with two attached hydrogens (primary N) is 1. The van der Waals surface area contributed by atoms with Crippen LogP contribution < -0.4 is 20.5 Å². The molecule has 3 aromatic heterocycles. The van der Waals surface area contributed by atoms with Crippen LogP contribution in [0.4, 0.5) is 0 Å². The van der Waals surface area contributed by atoms with Crippen LogP contribution in [0.5, 0.6) is 0 Å². The number of carbonyl (C=O) groups excluding carboxylic acids is 2. The van der Waals surface area contributed by atoms with Crippen molar-refractivity contribution in [3.63, 3.8) is 0 Å². The van der Waals surface area contributed by atoms with Gasteiger partial charge in [-0.3, -0.25) is 9.36 Å². The number of thiophene rings is 2. The molecule has 1 aliphatic heterocycles. The molecule has 2 N–H and O–H groups in total. The van der Waals surface area contributed by atoms with E-state index in [1.54, 1.807) is 13.0 Å². The van der Waals surface area contributed by atoms with E-state index in [1.807, 2.05) is 35.0 Å². The molecule has 1 aliphatic rings. The van der Waals surface area contributed by atoms with Crippen molar-refractivity contribution in [3.05, 3.63) is 69.9 Å². The summed E-state index contributed by atoms with van der Waals surface area (Å²) in [5, 5.41) is 3.75. The lowest BCUT2D eigenvalue weighted by atomic mass is 9.88. The number of nitrogens with zero attached hydrogens (tertiary/aromatic N) is 1. The fraction of sp³-hybridized carbons (Fsp3) is 0.190. The molecule has 0 saturated heterocycles. The van der Waals surface area contributed by atoms with Crippen LogP contribution in [0.3, 0.4) is 0 Å². The van der Waals surface area contributed by atoms with E-state index in [0.717, 1.165) is 21.1 Å². The second-order valence-electron chi connectivity index (χ2n) is 6.44. The molecule has 7 nitrogen and oxygen atoms in total. The second kappa shape index (κ2) is 8.66. The molecule has 0 aliphatic carbocycles. The van der Waals surface area contributed by atoms with Gasteiger partial charge in [0.1, 0.15) is 10.5 Å². The third kappa shape index (κ3) is 3.67. The number of ether oxygens (including phenoxy) is 2. The smallest absolute Gasteiger partial charge is 0.338 e. The predicted octanol–water partition coefficient (Wildman–Crippen LogP) is 1.67. The van der Waals surface area contributed by atoms with Crippen molar-refractivity contribution in [1.82, 2.24) is 4.57 Å². The minimum absolute atomic E-state index is 0.0413. The first-order chi connectivity index (χ1) is 15.0. The van der Waals surface area contributed by atoms with E-state index in [0.29, 0.717) is 9.20 Å². The van der Waals surface area contributed by atoms with Gasteiger partial charge in [-0.05, 0) is 35.9 Å². The van der Waals surface area contributed by atoms with Crippen molar-refractivity contribution in [3.8, 4) is 0 Å². The average molecular weight is 475 g/mol. The number of fused-ring (bicyclic) bond motifs is 1. The molecule has 4 heterocycles. The van der Waals surface area contributed by atoms with Crippen LogP contribution in [0, 0.1) is 0 Å². The Bertz CT molecular complexity index is 1340. The number of carbonyl (C=O) groups is 2. The Balaban J connectivity index is 2.13. The van der Waals surface area contributed by atoms with Crippen LogP contribution in [-0.2, 0) is 19.1 Å². The molecule has 160 valence electrons. The molecule has 1 atom stereocenters. The maximum atomic E-state index is 13.2. The quantitative estimate of drug-likeness (QED) is 0.565. The summed E-state index contributed by atoms with van der Waals surface area (Å²) in [5.74, 6) is -2.14. The van der Waals surface area contributed by atoms with Crippen molar-refractivity contribution in [2.75, 3.05) is 13.7 Å². The van der Waals surface area contributed by atoms with Gasteiger partial charge in [-0.25, -0.2) is 9.59 Å². The van der Waals surface area contributed by atoms with Crippen molar-refractivity contribution < 1.29 is 19.1 Å². The van der Waals surface area contributed by atoms with Gasteiger partial charge in [-0.15, -0.1) is 34.0 Å². The van der Waals surface area contributed by atoms with Gasteiger partial charge in [0.25, 0.3) is 5.56 Å². The zero-order valence-corrected chi connectivity index (χ0v) is 19.1. The summed E-state index contributed by atoms with van der Waals surface area (Å²) in [5.41, 5.74) is 6.21. The number of hydrogen-bond acceptors (Lipinski definition) is 9. The summed E-state index contributed by atoms with van der Waals surface area (Å²) in [7, 11) is 1.24. The monoisotopic (exact) mass is 474 g/mol. The lowest BCUT2D eigenvalue weighted by Gasteiger charge is -2.25. The Hall–Kier alpha value is -2.95. The maximum absolute atomic E-state index is 13.2. The van der Waals surface area contributed by atoms with E-state index >= 15 is 0 Å². The number of aromatic nitrogens is 1. The van der Waals surface area contributed by atoms with Gasteiger partial charge in [0.15, 0.2) is 0 Å². The molecule has 0 bridgehead atoms. The molecule has 0 radical (unpaired) electrons. The molecule has 0 amide bonds. The van der Waals surface area contributed by atoms with Crippen molar-refractivity contribution in [1.29, 1.82) is 0 Å². The third-order valence-electron chi connectivity index (χ3n) is 4.69. The van der Waals surface area contributed by atoms with Gasteiger partial charge in [0, 0.05) is 9.75 Å². The van der Waals surface area contributed by atoms with Crippen molar-refractivity contribution in [2.45, 2.75) is 12.8 Å². The molecule has 0 fully saturated rings. The van der Waals surface area contributed by atoms with Gasteiger partial charge in [0.05, 0.1) is 35.3 Å². The second-order valence-corrected chi connectivity index (χ2v) is 9.43. The minimum Gasteiger partial charge on any atom is -0.466 e. The Morgan fingerprint density at radius 3 is 2.52 bits per heavy atom. The van der Waals surface area contributed by atoms with Gasteiger partial charge < -0.3 is 15.2 Å². The summed E-state index contributed by atoms with van der Waals surface area (Å²) < 4.78 is 12.3. The molecule has 0 spiro atoms. The largest absolute Gasteiger partial charge is 0.466 e. The molecular weight excluding hydrogens is 456 g/mol. The first-order valence-corrected chi connectivity index (χ1v) is 11.9. The average Bonchev–Trinajstić information content (AvgIpc) is 3.50. The summed E-state index contributed by atoms with van der Waals surface area (Å²) in [6.07, 6.45) is 1.75. The summed E-state index contributed by atoms with van der Waals surface area (Å²) >= 11 is 4.01. The number of hydrogen-bond donors (Lipinski definition) is 1. The normalized spacial score (nSPS) is 16.4. The molecular formula is C21H18N2O5S3. The highest BCUT2D eigenvalue weighted by Gasteiger charge is 2.40. The Morgan fingerprint density at radius 1 is 1.16 bits per heavy atom. The van der Waals surface area contributed by atoms with Crippen LogP contribution in [0.15, 0.2) is 45.4 Å². The maximum Gasteiger partial charge on any atom is 0.338 e. The Morgan fingerprint density at radius 2 is 1.90 bits per heavy atom. The molecule has 0 aromatic carbocycles. The van der Waals surface area contributed by atoms with E-state index in [2.05, 4.69) is 0 Å². The topological polar surface area (TPSA) is 101 Å². The van der Waals surface area contributed by atoms with Gasteiger partial charge >= 0.3 is 11.9 Å². The van der Waals surface area contributed by atoms with E-state index in [9.17, 15) is 14.4 Å². The van der Waals surface area contributed by atoms with Crippen molar-refractivity contribution in [2.24, 2.45) is 5.73 Å². The zero-order chi connectivity index (χ0) is 22.1. The highest BCUT2D eigenvalue weighted by atomic mass is 32.1. The molecule has 0 unspecified atom stereocenters. The highest BCUT2D eigenvalue weighted by Crippen LogP contribution is 2.39. The number of thiazole rings is 1. The Labute approximate surface area is 189 Å². The van der Waals surface area contributed by atoms with E-state index in [4.69, 9.17) is 15.2 Å². The lowest BCUT2D eigenvalue weighted by molar-refractivity contribution is -0.136. The number of rotatable bonds is 5. The first-order valence-electron chi connectivity index (χ1n) is 9.28. The summed E-state index contributed by atoms with van der Waals surface area (Å²) in [6, 6.07) is 7.40. The molecule has 31 heavy (non-hydrogen) atoms. The van der Waals surface area contributed by atoms with Crippen LogP contribution in [-0.4, -0.2) is 30.2 Å². The van der Waals surface area contributed by atoms with Crippen LogP contribution in [0.25, 0.3) is 17.5 Å². The molecule has 10 heteroatoms. The van der Waals surface area contributed by atoms with Crippen LogP contribution >= 0.6 is 34.0 Å². The fourth-order valence-electron chi connectivity index (χ4n) is 3.41. The van der Waals surface area contributed by atoms with Gasteiger partial charge in [-0.2, -0.15) is 0 Å². The van der Waals surface area contributed by atoms with Crippen LogP contribution in [0.2, 0.25) is 0 Å². The zero-order valence-electron chi connectivity index (χ0n) is 16.6. The van der Waals surface area contributed by atoms with E-state index < -0.39 is 23.4 Å². The lowest BCUT2D eigenvalue weighted by Crippen LogP contribution is -2.41. The molecule has 3 aromatic rings. The third-order valence-corrected chi connectivity index (χ3v) is 7.56. The highest BCUT2D eigenvalue weighted by molar-refractivity contribution is 7.11. The summed E-state index contributed by atoms with van der Waals surface area (Å²) in [4.78, 5) is 40.7. The molecule has 4 rings (SSSR count). The van der Waals surface area contributed by atoms with Gasteiger partial charge in [0.2, 0.25) is 0 Å². The SMILES string of the molecule is CCOC(=O)C1=c2s/c(=C\c3cccs3)c(=O)n2C(N)=C(C(=O)OC)[C@H]1c1cccs1. The fourth-order valence-corrected chi connectivity index (χ4v) is 6.14. The number of esters is 2.